The number of aryl methyl sites for hydroxylation is 1. The molecule has 0 aliphatic heterocycles. The lowest BCUT2D eigenvalue weighted by molar-refractivity contribution is 0.372. The van der Waals surface area contributed by atoms with E-state index in [0.29, 0.717) is 5.88 Å². The predicted molar refractivity (Wildman–Crippen MR) is 88.7 cm³/mol. The van der Waals surface area contributed by atoms with Crippen LogP contribution in [0.1, 0.15) is 78.0 Å². The third-order valence-electron chi connectivity index (χ3n) is 3.80. The molecule has 0 fully saturated rings. The summed E-state index contributed by atoms with van der Waals surface area (Å²) in [7, 11) is 1.67. The van der Waals surface area contributed by atoms with E-state index in [1.54, 1.807) is 7.11 Å². The van der Waals surface area contributed by atoms with Crippen molar-refractivity contribution in [3.05, 3.63) is 23.4 Å². The van der Waals surface area contributed by atoms with E-state index in [4.69, 9.17) is 4.74 Å². The molecule has 1 aromatic rings. The Morgan fingerprint density at radius 2 is 1.75 bits per heavy atom. The van der Waals surface area contributed by atoms with E-state index in [2.05, 4.69) is 38.7 Å². The Bertz CT molecular complexity index is 376. The smallest absolute Gasteiger partial charge is 0.213 e. The Hall–Kier alpha value is -1.05. The van der Waals surface area contributed by atoms with Gasteiger partial charge in [-0.1, -0.05) is 59.9 Å². The molecule has 0 saturated heterocycles. The van der Waals surface area contributed by atoms with Gasteiger partial charge in [-0.15, -0.1) is 0 Å². The molecule has 1 rings (SSSR count). The molecule has 0 aromatic carbocycles. The fraction of sp³-hybridized carbons (Fsp3) is 0.722. The van der Waals surface area contributed by atoms with Gasteiger partial charge in [0.2, 0.25) is 5.88 Å². The van der Waals surface area contributed by atoms with Crippen LogP contribution in [0.25, 0.3) is 0 Å². The maximum atomic E-state index is 5.19. The van der Waals surface area contributed by atoms with Gasteiger partial charge in [0, 0.05) is 11.8 Å². The maximum Gasteiger partial charge on any atom is 0.213 e. The zero-order valence-electron chi connectivity index (χ0n) is 14.5. The van der Waals surface area contributed by atoms with Gasteiger partial charge in [0.25, 0.3) is 0 Å². The Labute approximate surface area is 126 Å². The molecule has 0 aliphatic rings. The van der Waals surface area contributed by atoms with Gasteiger partial charge in [-0.2, -0.15) is 0 Å². The van der Waals surface area contributed by atoms with Crippen LogP contribution in [-0.2, 0) is 5.41 Å². The largest absolute Gasteiger partial charge is 0.481 e. The summed E-state index contributed by atoms with van der Waals surface area (Å²) in [6, 6.07) is 4.19. The van der Waals surface area contributed by atoms with Crippen LogP contribution in [-0.4, -0.2) is 12.1 Å². The van der Waals surface area contributed by atoms with Crippen LogP contribution in [0.3, 0.4) is 0 Å². The van der Waals surface area contributed by atoms with Crippen molar-refractivity contribution >= 4 is 0 Å². The van der Waals surface area contributed by atoms with Crippen LogP contribution in [0.15, 0.2) is 12.1 Å². The van der Waals surface area contributed by atoms with Crippen molar-refractivity contribution in [3.63, 3.8) is 0 Å². The van der Waals surface area contributed by atoms with Crippen LogP contribution in [0.5, 0.6) is 5.88 Å². The minimum atomic E-state index is 0.258. The SMILES string of the molecule is CC.CCCCC(C)(CCC)c1ccc(OC)nc1C. The zero-order chi connectivity index (χ0) is 15.6. The van der Waals surface area contributed by atoms with Crippen molar-refractivity contribution in [1.29, 1.82) is 0 Å². The van der Waals surface area contributed by atoms with Crippen molar-refractivity contribution in [2.24, 2.45) is 0 Å². The first-order valence-electron chi connectivity index (χ1n) is 8.09. The highest BCUT2D eigenvalue weighted by atomic mass is 16.5. The molecular formula is C18H33NO. The summed E-state index contributed by atoms with van der Waals surface area (Å²) in [6.45, 7) is 13.0. The molecule has 1 unspecified atom stereocenters. The van der Waals surface area contributed by atoms with E-state index >= 15 is 0 Å². The predicted octanol–water partition coefficient (Wildman–Crippen LogP) is 5.67. The Balaban J connectivity index is 0.00000172. The van der Waals surface area contributed by atoms with Gasteiger partial charge >= 0.3 is 0 Å². The van der Waals surface area contributed by atoms with Crippen LogP contribution >= 0.6 is 0 Å². The average Bonchev–Trinajstić information content (AvgIpc) is 2.47. The van der Waals surface area contributed by atoms with Crippen LogP contribution in [0, 0.1) is 6.92 Å². The first-order valence-corrected chi connectivity index (χ1v) is 8.09. The molecule has 20 heavy (non-hydrogen) atoms. The number of methoxy groups -OCH3 is 1. The van der Waals surface area contributed by atoms with E-state index in [-0.39, 0.29) is 5.41 Å². The molecule has 1 heterocycles. The van der Waals surface area contributed by atoms with E-state index in [1.807, 2.05) is 19.9 Å². The first kappa shape index (κ1) is 18.9. The summed E-state index contributed by atoms with van der Waals surface area (Å²) < 4.78 is 5.19. The van der Waals surface area contributed by atoms with Crippen molar-refractivity contribution in [2.75, 3.05) is 7.11 Å². The van der Waals surface area contributed by atoms with Crippen LogP contribution in [0.4, 0.5) is 0 Å². The van der Waals surface area contributed by atoms with Gasteiger partial charge in [0.15, 0.2) is 0 Å². The monoisotopic (exact) mass is 279 g/mol. The molecule has 0 aliphatic carbocycles. The third-order valence-corrected chi connectivity index (χ3v) is 3.80. The summed E-state index contributed by atoms with van der Waals surface area (Å²) in [5.41, 5.74) is 2.76. The van der Waals surface area contributed by atoms with E-state index < -0.39 is 0 Å². The summed E-state index contributed by atoms with van der Waals surface area (Å²) in [5, 5.41) is 0. The molecule has 1 aromatic heterocycles. The van der Waals surface area contributed by atoms with Crippen molar-refractivity contribution in [1.82, 2.24) is 4.98 Å². The molecule has 0 bridgehead atoms. The first-order chi connectivity index (χ1) is 9.57. The van der Waals surface area contributed by atoms with Gasteiger partial charge in [-0.05, 0) is 30.7 Å². The standard InChI is InChI=1S/C16H27NO.C2H6/c1-6-8-12-16(4,11-7-2)14-9-10-15(18-5)17-13(14)3;1-2/h9-10H,6-8,11-12H2,1-5H3;1-2H3. The molecule has 2 nitrogen and oxygen atoms in total. The molecular weight excluding hydrogens is 246 g/mol. The Morgan fingerprint density at radius 1 is 1.10 bits per heavy atom. The number of unbranched alkanes of at least 4 members (excludes halogenated alkanes) is 1. The van der Waals surface area contributed by atoms with Gasteiger partial charge in [-0.3, -0.25) is 0 Å². The van der Waals surface area contributed by atoms with Crippen molar-refractivity contribution < 1.29 is 4.74 Å². The topological polar surface area (TPSA) is 22.1 Å². The van der Waals surface area contributed by atoms with Crippen molar-refractivity contribution in [2.45, 2.75) is 79.1 Å². The Kier molecular flexibility index (Phi) is 9.28. The second-order valence-corrected chi connectivity index (χ2v) is 5.40. The van der Waals surface area contributed by atoms with Crippen LogP contribution in [0.2, 0.25) is 0 Å². The minimum absolute atomic E-state index is 0.258. The summed E-state index contributed by atoms with van der Waals surface area (Å²) >= 11 is 0. The molecule has 0 amide bonds. The molecule has 0 N–H and O–H groups in total. The van der Waals surface area contributed by atoms with E-state index in [0.717, 1.165) is 5.69 Å². The quantitative estimate of drug-likeness (QED) is 0.641. The van der Waals surface area contributed by atoms with Gasteiger partial charge in [-0.25, -0.2) is 4.98 Å². The lowest BCUT2D eigenvalue weighted by Gasteiger charge is -2.31. The molecule has 1 atom stereocenters. The number of pyridine rings is 1. The fourth-order valence-corrected chi connectivity index (χ4v) is 2.80. The normalized spacial score (nSPS) is 13.2. The molecule has 0 radical (unpaired) electrons. The fourth-order valence-electron chi connectivity index (χ4n) is 2.80. The number of rotatable bonds is 7. The molecule has 2 heteroatoms. The highest BCUT2D eigenvalue weighted by Gasteiger charge is 2.27. The zero-order valence-corrected chi connectivity index (χ0v) is 14.5. The van der Waals surface area contributed by atoms with Gasteiger partial charge < -0.3 is 4.74 Å². The number of hydrogen-bond donors (Lipinski definition) is 0. The second-order valence-electron chi connectivity index (χ2n) is 5.40. The molecule has 0 saturated carbocycles. The second kappa shape index (κ2) is 9.79. The Morgan fingerprint density at radius 3 is 2.20 bits per heavy atom. The number of ether oxygens (including phenoxy) is 1. The van der Waals surface area contributed by atoms with E-state index in [9.17, 15) is 0 Å². The van der Waals surface area contributed by atoms with Gasteiger partial charge in [0.1, 0.15) is 0 Å². The molecule has 0 spiro atoms. The minimum Gasteiger partial charge on any atom is -0.481 e. The lowest BCUT2D eigenvalue weighted by atomic mass is 9.74. The number of nitrogens with zero attached hydrogens (tertiary/aromatic N) is 1. The maximum absolute atomic E-state index is 5.19. The van der Waals surface area contributed by atoms with E-state index in [1.165, 1.54) is 37.7 Å². The lowest BCUT2D eigenvalue weighted by Crippen LogP contribution is -2.23. The summed E-state index contributed by atoms with van der Waals surface area (Å²) in [6.07, 6.45) is 6.21. The number of hydrogen-bond acceptors (Lipinski definition) is 2. The number of aromatic nitrogens is 1. The highest BCUT2D eigenvalue weighted by Crippen LogP contribution is 2.36. The van der Waals surface area contributed by atoms with Crippen molar-refractivity contribution in [3.8, 4) is 5.88 Å². The van der Waals surface area contributed by atoms with Crippen LogP contribution < -0.4 is 4.74 Å². The summed E-state index contributed by atoms with van der Waals surface area (Å²) in [5.74, 6) is 0.714. The highest BCUT2D eigenvalue weighted by molar-refractivity contribution is 5.31. The van der Waals surface area contributed by atoms with Gasteiger partial charge in [0.05, 0.1) is 7.11 Å². The average molecular weight is 279 g/mol. The summed E-state index contributed by atoms with van der Waals surface area (Å²) in [4.78, 5) is 4.53. The third kappa shape index (κ3) is 5.15. The molecule has 116 valence electrons.